The van der Waals surface area contributed by atoms with E-state index in [2.05, 4.69) is 11.7 Å². The van der Waals surface area contributed by atoms with E-state index in [4.69, 9.17) is 14.6 Å². The number of nitrogens with zero attached hydrogens (tertiary/aromatic N) is 1. The van der Waals surface area contributed by atoms with Gasteiger partial charge in [-0.2, -0.15) is 0 Å². The minimum atomic E-state index is -1.13. The van der Waals surface area contributed by atoms with Gasteiger partial charge in [-0.25, -0.2) is 0 Å². The first-order valence-electron chi connectivity index (χ1n) is 4.12. The first-order chi connectivity index (χ1) is 6.77. The lowest BCUT2D eigenvalue weighted by molar-refractivity contribution is 0.342. The van der Waals surface area contributed by atoms with Crippen LogP contribution in [0.15, 0.2) is 50.6 Å². The first kappa shape index (κ1) is 8.77. The minimum absolute atomic E-state index is 0.502. The van der Waals surface area contributed by atoms with Gasteiger partial charge in [0.1, 0.15) is 0 Å². The highest BCUT2D eigenvalue weighted by Gasteiger charge is 2.33. The summed E-state index contributed by atoms with van der Waals surface area (Å²) in [6.07, 6.45) is 3.07. The fraction of sp³-hybridized carbons (Fsp3) is 0.100. The lowest BCUT2D eigenvalue weighted by Gasteiger charge is -2.18. The van der Waals surface area contributed by atoms with Crippen LogP contribution in [0.1, 0.15) is 11.5 Å². The van der Waals surface area contributed by atoms with Crippen LogP contribution in [-0.2, 0) is 5.66 Å². The second-order valence-corrected chi connectivity index (χ2v) is 2.88. The van der Waals surface area contributed by atoms with Crippen molar-refractivity contribution in [1.29, 1.82) is 0 Å². The van der Waals surface area contributed by atoms with Crippen LogP contribution in [0.5, 0.6) is 0 Å². The van der Waals surface area contributed by atoms with E-state index in [1.807, 2.05) is 0 Å². The molecule has 14 heavy (non-hydrogen) atoms. The van der Waals surface area contributed by atoms with E-state index in [1.54, 1.807) is 24.3 Å². The lowest BCUT2D eigenvalue weighted by Crippen LogP contribution is -2.34. The zero-order valence-electron chi connectivity index (χ0n) is 7.51. The fourth-order valence-corrected chi connectivity index (χ4v) is 1.27. The number of rotatable bonds is 3. The van der Waals surface area contributed by atoms with Crippen molar-refractivity contribution in [1.82, 2.24) is 0 Å². The molecule has 2 N–H and O–H groups in total. The van der Waals surface area contributed by atoms with Crippen LogP contribution in [0, 0.1) is 0 Å². The molecule has 0 aromatic carbocycles. The molecule has 4 nitrogen and oxygen atoms in total. The summed E-state index contributed by atoms with van der Waals surface area (Å²) in [7, 11) is 0. The zero-order valence-corrected chi connectivity index (χ0v) is 7.51. The van der Waals surface area contributed by atoms with Crippen LogP contribution in [0.2, 0.25) is 0 Å². The van der Waals surface area contributed by atoms with E-state index in [-0.39, 0.29) is 0 Å². The molecule has 0 aliphatic heterocycles. The number of aliphatic imine (C=N–C) groups is 1. The lowest BCUT2D eigenvalue weighted by atomic mass is 10.1. The normalized spacial score (nSPS) is 11.5. The molecule has 0 unspecified atom stereocenters. The second kappa shape index (κ2) is 3.16. The van der Waals surface area contributed by atoms with Crippen molar-refractivity contribution in [3.63, 3.8) is 0 Å². The van der Waals surface area contributed by atoms with Crippen LogP contribution in [-0.4, -0.2) is 6.72 Å². The molecule has 4 heteroatoms. The number of hydrogen-bond donors (Lipinski definition) is 1. The third kappa shape index (κ3) is 1.16. The van der Waals surface area contributed by atoms with Crippen molar-refractivity contribution >= 4 is 6.72 Å². The molecule has 72 valence electrons. The van der Waals surface area contributed by atoms with Gasteiger partial charge in [0.2, 0.25) is 5.66 Å². The Morgan fingerprint density at radius 3 is 1.93 bits per heavy atom. The Morgan fingerprint density at radius 1 is 1.14 bits per heavy atom. The van der Waals surface area contributed by atoms with Gasteiger partial charge in [0.15, 0.2) is 11.5 Å². The molecule has 0 aliphatic carbocycles. The molecule has 0 fully saturated rings. The molecule has 0 amide bonds. The maximum absolute atomic E-state index is 6.01. The van der Waals surface area contributed by atoms with Crippen LogP contribution in [0.4, 0.5) is 0 Å². The Morgan fingerprint density at radius 2 is 1.64 bits per heavy atom. The molecule has 0 saturated heterocycles. The summed E-state index contributed by atoms with van der Waals surface area (Å²) in [5.41, 5.74) is 4.88. The van der Waals surface area contributed by atoms with E-state index < -0.39 is 5.66 Å². The third-order valence-electron chi connectivity index (χ3n) is 2.04. The van der Waals surface area contributed by atoms with E-state index in [9.17, 15) is 0 Å². The summed E-state index contributed by atoms with van der Waals surface area (Å²) < 4.78 is 10.4. The van der Waals surface area contributed by atoms with E-state index in [1.165, 1.54) is 12.5 Å². The maximum Gasteiger partial charge on any atom is 0.224 e. The summed E-state index contributed by atoms with van der Waals surface area (Å²) in [4.78, 5) is 3.85. The molecule has 2 aromatic heterocycles. The van der Waals surface area contributed by atoms with Gasteiger partial charge in [-0.3, -0.25) is 10.7 Å². The smallest absolute Gasteiger partial charge is 0.224 e. The number of hydrogen-bond acceptors (Lipinski definition) is 4. The highest BCUT2D eigenvalue weighted by molar-refractivity contribution is 5.34. The van der Waals surface area contributed by atoms with E-state index in [0.717, 1.165) is 0 Å². The van der Waals surface area contributed by atoms with Gasteiger partial charge in [-0.15, -0.1) is 0 Å². The number of furan rings is 2. The van der Waals surface area contributed by atoms with Crippen molar-refractivity contribution in [2.45, 2.75) is 5.66 Å². The third-order valence-corrected chi connectivity index (χ3v) is 2.04. The molecule has 2 rings (SSSR count). The van der Waals surface area contributed by atoms with E-state index in [0.29, 0.717) is 11.5 Å². The van der Waals surface area contributed by atoms with Gasteiger partial charge in [0.05, 0.1) is 12.5 Å². The molecular formula is C10H10N2O2. The zero-order chi connectivity index (χ0) is 10.0. The SMILES string of the molecule is C=NC(N)(c1ccco1)c1ccco1. The second-order valence-electron chi connectivity index (χ2n) is 2.88. The first-order valence-corrected chi connectivity index (χ1v) is 4.12. The van der Waals surface area contributed by atoms with Crippen LogP contribution in [0.25, 0.3) is 0 Å². The van der Waals surface area contributed by atoms with E-state index >= 15 is 0 Å². The Bertz CT molecular complexity index is 369. The van der Waals surface area contributed by atoms with Gasteiger partial charge in [-0.1, -0.05) is 0 Å². The average molecular weight is 190 g/mol. The maximum atomic E-state index is 6.01. The highest BCUT2D eigenvalue weighted by Crippen LogP contribution is 2.28. The van der Waals surface area contributed by atoms with Crippen molar-refractivity contribution in [2.24, 2.45) is 10.7 Å². The Hall–Kier alpha value is -1.81. The predicted octanol–water partition coefficient (Wildman–Crippen LogP) is 1.73. The van der Waals surface area contributed by atoms with Crippen molar-refractivity contribution in [2.75, 3.05) is 0 Å². The van der Waals surface area contributed by atoms with Crippen molar-refractivity contribution in [3.05, 3.63) is 48.3 Å². The summed E-state index contributed by atoms with van der Waals surface area (Å²) in [6.45, 7) is 3.45. The van der Waals surface area contributed by atoms with Crippen molar-refractivity contribution < 1.29 is 8.83 Å². The van der Waals surface area contributed by atoms with Gasteiger partial charge < -0.3 is 8.83 Å². The van der Waals surface area contributed by atoms with Crippen LogP contribution in [0.3, 0.4) is 0 Å². The molecular weight excluding hydrogens is 180 g/mol. The molecule has 0 aliphatic rings. The molecule has 2 aromatic rings. The monoisotopic (exact) mass is 190 g/mol. The average Bonchev–Trinajstić information content (AvgIpc) is 2.88. The molecule has 0 bridgehead atoms. The standard InChI is InChI=1S/C10H10N2O2/c1-12-10(11,8-4-2-6-13-8)9-5-3-7-14-9/h2-7H,1,11H2. The fourth-order valence-electron chi connectivity index (χ4n) is 1.27. The minimum Gasteiger partial charge on any atom is -0.465 e. The summed E-state index contributed by atoms with van der Waals surface area (Å²) in [6, 6.07) is 6.95. The molecule has 0 saturated carbocycles. The topological polar surface area (TPSA) is 64.7 Å². The molecule has 0 radical (unpaired) electrons. The van der Waals surface area contributed by atoms with Gasteiger partial charge in [0, 0.05) is 0 Å². The summed E-state index contributed by atoms with van der Waals surface area (Å²) in [5, 5.41) is 0. The summed E-state index contributed by atoms with van der Waals surface area (Å²) >= 11 is 0. The predicted molar refractivity (Wildman–Crippen MR) is 51.9 cm³/mol. The van der Waals surface area contributed by atoms with Crippen LogP contribution >= 0.6 is 0 Å². The van der Waals surface area contributed by atoms with Crippen molar-refractivity contribution in [3.8, 4) is 0 Å². The van der Waals surface area contributed by atoms with Gasteiger partial charge >= 0.3 is 0 Å². The summed E-state index contributed by atoms with van der Waals surface area (Å²) in [5.74, 6) is 1.00. The Labute approximate surface area is 81.0 Å². The molecule has 0 spiro atoms. The molecule has 2 heterocycles. The van der Waals surface area contributed by atoms with Gasteiger partial charge in [-0.05, 0) is 31.0 Å². The Kier molecular flexibility index (Phi) is 1.98. The highest BCUT2D eigenvalue weighted by atomic mass is 16.3. The van der Waals surface area contributed by atoms with Gasteiger partial charge in [0.25, 0.3) is 0 Å². The number of nitrogens with two attached hydrogens (primary N) is 1. The molecule has 0 atom stereocenters. The Balaban J connectivity index is 2.51. The quantitative estimate of drug-likeness (QED) is 0.749. The largest absolute Gasteiger partial charge is 0.465 e. The van der Waals surface area contributed by atoms with Crippen LogP contribution < -0.4 is 5.73 Å².